The third-order valence-corrected chi connectivity index (χ3v) is 30.4. The van der Waals surface area contributed by atoms with Crippen molar-refractivity contribution < 1.29 is 89.4 Å². The molecule has 662 valence electrons. The highest BCUT2D eigenvalue weighted by atomic mass is 79.9. The van der Waals surface area contributed by atoms with Crippen LogP contribution < -0.4 is 18.9 Å². The van der Waals surface area contributed by atoms with Gasteiger partial charge in [0.05, 0.1) is 77.3 Å². The van der Waals surface area contributed by atoms with E-state index in [0.717, 1.165) is 63.8 Å². The predicted molar refractivity (Wildman–Crippen MR) is 490 cm³/mol. The second kappa shape index (κ2) is 34.3. The molecule has 5 fully saturated rings. The molecule has 9 heterocycles. The van der Waals surface area contributed by atoms with Crippen molar-refractivity contribution in [2.45, 2.75) is 92.9 Å². The van der Waals surface area contributed by atoms with Gasteiger partial charge in [-0.25, -0.2) is 0 Å². The lowest BCUT2D eigenvalue weighted by Crippen LogP contribution is -2.54. The number of nitrogens with zero attached hydrogens (tertiary/aromatic N) is 4. The van der Waals surface area contributed by atoms with E-state index in [-0.39, 0.29) is 60.2 Å². The molecule has 5 aliphatic heterocycles. The summed E-state index contributed by atoms with van der Waals surface area (Å²) < 4.78 is 99.1. The van der Waals surface area contributed by atoms with E-state index in [0.29, 0.717) is 55.0 Å². The van der Waals surface area contributed by atoms with Crippen LogP contribution in [-0.4, -0.2) is 143 Å². The van der Waals surface area contributed by atoms with E-state index in [1.807, 2.05) is 182 Å². The highest BCUT2D eigenvalue weighted by molar-refractivity contribution is 9.11. The van der Waals surface area contributed by atoms with Crippen molar-refractivity contribution in [2.75, 3.05) is 46.0 Å². The summed E-state index contributed by atoms with van der Waals surface area (Å²) in [5, 5.41) is 85.7. The van der Waals surface area contributed by atoms with Crippen LogP contribution in [0, 0.1) is 23.7 Å². The van der Waals surface area contributed by atoms with E-state index >= 15 is 0 Å². The number of fused-ring (bicyclic) bond motifs is 14. The number of aliphatic hydroxyl groups excluding tert-OH is 3. The van der Waals surface area contributed by atoms with Gasteiger partial charge < -0.3 is 64.2 Å². The molecule has 9 aliphatic rings. The van der Waals surface area contributed by atoms with E-state index in [1.54, 1.807) is 61.8 Å². The standard InChI is InChI=1S/2C24H21BrClNO6S.C24H21BrClNO4.C23H17BrClNO3/c2*1-34(30,31)32-13-18-20(14-5-3-2-4-6-14)24(15-7-9-16(25)10-8-15)23(29,22(18)28)21-19(33-24)11-17(26)12-27-21;1-30-13-18-20(14-5-3-2-4-6-14)24(15-7-9-16(25)10-8-15)23(29,22(18)28)21-19(31-24)11-17(26)12-27-21;24-15-8-6-14(7-9-15)23-19(13-4-2-1-3-5-13)17-12-28-21(17)22(23,27)20-18(29-23)10-16(25)11-26-20/h2*2-12,18,20,22,28-29H,13H2,1H3;2-12,18,20,22,28-29H,13H2,1H3;1-11,17,19,21,27H,12H2/t3*18-,20-,22-,23+,24+;17-,19-,21-,22+,23+/m1111/s1. The first-order chi connectivity index (χ1) is 61.1. The zero-order chi connectivity index (χ0) is 90.2. The largest absolute Gasteiger partial charge is 0.476 e. The molecule has 4 aliphatic carbocycles. The topological polar surface area (TPSA) is 335 Å². The number of aromatic nitrogens is 4. The minimum Gasteiger partial charge on any atom is -0.476 e. The molecule has 33 heteroatoms. The van der Waals surface area contributed by atoms with Gasteiger partial charge in [0.1, 0.15) is 51.9 Å². The van der Waals surface area contributed by atoms with Crippen LogP contribution in [-0.2, 0) is 82.9 Å². The third-order valence-electron chi connectivity index (χ3n) is 26.3. The molecule has 4 aromatic heterocycles. The Morgan fingerprint density at radius 2 is 0.609 bits per heavy atom. The van der Waals surface area contributed by atoms with Crippen LogP contribution in [0.3, 0.4) is 0 Å². The summed E-state index contributed by atoms with van der Waals surface area (Å²) in [5.41, 5.74) is -5.35. The number of pyridine rings is 4. The first-order valence-electron chi connectivity index (χ1n) is 40.5. The molecule has 21 rings (SSSR count). The highest BCUT2D eigenvalue weighted by Gasteiger charge is 2.82. The molecule has 4 saturated carbocycles. The summed E-state index contributed by atoms with van der Waals surface area (Å²) in [5.74, 6) is -2.55. The van der Waals surface area contributed by atoms with Crippen molar-refractivity contribution in [2.24, 2.45) is 23.7 Å². The van der Waals surface area contributed by atoms with Gasteiger partial charge in [-0.1, -0.05) is 280 Å². The second-order valence-corrected chi connectivity index (χ2v) is 41.9. The smallest absolute Gasteiger partial charge is 0.264 e. The quantitative estimate of drug-likeness (QED) is 0.0442. The lowest BCUT2D eigenvalue weighted by atomic mass is 9.71. The Morgan fingerprint density at radius 3 is 0.852 bits per heavy atom. The van der Waals surface area contributed by atoms with Gasteiger partial charge in [0.25, 0.3) is 20.2 Å². The van der Waals surface area contributed by atoms with Crippen LogP contribution in [0.15, 0.2) is 285 Å². The minimum atomic E-state index is -3.81. The fraction of sp³-hybridized carbons (Fsp3) is 0.284. The van der Waals surface area contributed by atoms with E-state index in [4.69, 9.17) is 83.2 Å². The van der Waals surface area contributed by atoms with Crippen molar-refractivity contribution in [3.8, 4) is 23.0 Å². The summed E-state index contributed by atoms with van der Waals surface area (Å²) in [6.07, 6.45) is 3.14. The summed E-state index contributed by atoms with van der Waals surface area (Å²) >= 11 is 38.6. The zero-order valence-electron chi connectivity index (χ0n) is 67.8. The van der Waals surface area contributed by atoms with Gasteiger partial charge in [-0.15, -0.1) is 0 Å². The number of ether oxygens (including phenoxy) is 6. The minimum absolute atomic E-state index is 0.0957. The van der Waals surface area contributed by atoms with Gasteiger partial charge in [0.2, 0.25) is 0 Å². The average molecular weight is 2110 g/mol. The lowest BCUT2D eigenvalue weighted by molar-refractivity contribution is -0.208. The maximum Gasteiger partial charge on any atom is 0.264 e. The Bertz CT molecular complexity index is 6240. The van der Waals surface area contributed by atoms with E-state index in [9.17, 15) is 52.6 Å². The Balaban J connectivity index is 0.000000115. The van der Waals surface area contributed by atoms with Crippen molar-refractivity contribution in [3.63, 3.8) is 0 Å². The van der Waals surface area contributed by atoms with Crippen molar-refractivity contribution in [1.82, 2.24) is 19.9 Å². The Morgan fingerprint density at radius 1 is 0.367 bits per heavy atom. The number of aliphatic hydroxyl groups is 7. The Labute approximate surface area is 791 Å². The molecule has 0 unspecified atom stereocenters. The molecule has 12 aromatic rings. The zero-order valence-corrected chi connectivity index (χ0v) is 78.8. The molecule has 128 heavy (non-hydrogen) atoms. The fourth-order valence-corrected chi connectivity index (χ4v) is 24.0. The van der Waals surface area contributed by atoms with E-state index in [1.165, 1.54) is 18.6 Å². The van der Waals surface area contributed by atoms with Crippen molar-refractivity contribution >= 4 is 130 Å². The van der Waals surface area contributed by atoms with Gasteiger partial charge in [-0.3, -0.25) is 28.3 Å². The second-order valence-electron chi connectivity index (χ2n) is 33.2. The first-order valence-corrected chi connectivity index (χ1v) is 48.8. The maximum atomic E-state index is 12.4. The van der Waals surface area contributed by atoms with Crippen molar-refractivity contribution in [3.05, 3.63) is 373 Å². The summed E-state index contributed by atoms with van der Waals surface area (Å²) in [6.45, 7) is 0.115. The highest BCUT2D eigenvalue weighted by Crippen LogP contribution is 2.74. The normalized spacial score (nSPS) is 31.2. The fourth-order valence-electron chi connectivity index (χ4n) is 21.5. The van der Waals surface area contributed by atoms with E-state index < -0.39 is 125 Å². The van der Waals surface area contributed by atoms with Gasteiger partial charge in [0, 0.05) is 121 Å². The van der Waals surface area contributed by atoms with Crippen LogP contribution in [0.1, 0.15) is 91.0 Å². The van der Waals surface area contributed by atoms with Crippen LogP contribution in [0.2, 0.25) is 20.1 Å². The molecule has 7 N–H and O–H groups in total. The molecule has 0 spiro atoms. The third kappa shape index (κ3) is 14.3. The predicted octanol–water partition coefficient (Wildman–Crippen LogP) is 16.6. The first kappa shape index (κ1) is 90.6. The summed E-state index contributed by atoms with van der Waals surface area (Å²) in [6, 6.07) is 74.9. The molecule has 0 radical (unpaired) electrons. The SMILES string of the molecule is COC[C@H]1[C@@H](O)[C@@]2(O)c3ncc(Cl)cc3O[C@@]2(c2ccc(Br)cc2)[C@@H]1c1ccccc1.CS(=O)(=O)OC[C@H]1[C@@H](O)[C@@]2(O)c3ncc(Cl)cc3O[C@@]2(c2ccc(Br)cc2)[C@@H]1c1ccccc1.CS(=O)(=O)OC[C@H]1[C@@H](O)[C@@]2(O)c3ncc(Cl)cc3O[C@@]2(c2ccc(Br)cc2)[C@@H]1c1ccccc1.O[C@]12c3ncc(Cl)cc3O[C@@]1(c1ccc(Br)cc1)[C@H](c1ccccc1)[C@H]1CO[C@H]12. The molecule has 8 aromatic carbocycles. The van der Waals surface area contributed by atoms with Gasteiger partial charge in [-0.05, 0) is 93.0 Å². The molecular weight excluding hydrogens is 2030 g/mol. The number of benzene rings is 8. The summed E-state index contributed by atoms with van der Waals surface area (Å²) in [7, 11) is -6.04. The number of hydrogen-bond donors (Lipinski definition) is 7. The van der Waals surface area contributed by atoms with Crippen molar-refractivity contribution in [1.29, 1.82) is 0 Å². The Kier molecular flexibility index (Phi) is 24.3. The lowest BCUT2D eigenvalue weighted by Gasteiger charge is -2.40. The Hall–Kier alpha value is -7.90. The van der Waals surface area contributed by atoms with Gasteiger partial charge in [0.15, 0.2) is 44.8 Å². The van der Waals surface area contributed by atoms with E-state index in [2.05, 4.69) is 95.8 Å². The molecule has 1 saturated heterocycles. The van der Waals surface area contributed by atoms with Crippen LogP contribution in [0.5, 0.6) is 23.0 Å². The van der Waals surface area contributed by atoms with Crippen LogP contribution >= 0.6 is 110 Å². The number of hydrogen-bond acceptors (Lipinski definition) is 23. The number of rotatable bonds is 16. The van der Waals surface area contributed by atoms with Crippen LogP contribution in [0.25, 0.3) is 0 Å². The van der Waals surface area contributed by atoms with Gasteiger partial charge in [-0.2, -0.15) is 16.8 Å². The van der Waals surface area contributed by atoms with Gasteiger partial charge >= 0.3 is 0 Å². The summed E-state index contributed by atoms with van der Waals surface area (Å²) in [4.78, 5) is 17.6. The molecule has 20 atom stereocenters. The average Bonchev–Trinajstić information content (AvgIpc) is 1.52. The van der Waals surface area contributed by atoms with Crippen LogP contribution in [0.4, 0.5) is 0 Å². The molecule has 0 bridgehead atoms. The maximum absolute atomic E-state index is 12.4. The molecule has 0 amide bonds. The molecule has 23 nitrogen and oxygen atoms in total. The number of halogens is 8. The number of methoxy groups -OCH3 is 1. The monoisotopic (exact) mass is 2100 g/mol. The molecular formula is C95H80Br4Cl4N4O19S2.